The second kappa shape index (κ2) is 8.75. The molecule has 0 unspecified atom stereocenters. The molecule has 0 radical (unpaired) electrons. The number of rotatable bonds is 8. The molecular formula is C19H25N4O4-. The summed E-state index contributed by atoms with van der Waals surface area (Å²) in [6.45, 7) is 7.37. The number of carboxylic acids is 1. The molecule has 0 fully saturated rings. The van der Waals surface area contributed by atoms with Gasteiger partial charge in [0, 0.05) is 0 Å². The van der Waals surface area contributed by atoms with Gasteiger partial charge < -0.3 is 15.2 Å². The van der Waals surface area contributed by atoms with Gasteiger partial charge in [-0.15, -0.1) is 5.10 Å². The van der Waals surface area contributed by atoms with Crippen molar-refractivity contribution in [2.75, 3.05) is 0 Å². The van der Waals surface area contributed by atoms with E-state index < -0.39 is 29.5 Å². The van der Waals surface area contributed by atoms with Crippen LogP contribution in [0.4, 0.5) is 0 Å². The van der Waals surface area contributed by atoms with Gasteiger partial charge in [0.05, 0.1) is 17.4 Å². The van der Waals surface area contributed by atoms with E-state index in [1.807, 2.05) is 20.8 Å². The zero-order valence-electron chi connectivity index (χ0n) is 16.0. The van der Waals surface area contributed by atoms with Crippen LogP contribution in [0.25, 0.3) is 10.9 Å². The fraction of sp³-hybridized carbons (Fsp3) is 0.526. The van der Waals surface area contributed by atoms with Crippen LogP contribution in [0.2, 0.25) is 0 Å². The molecule has 27 heavy (non-hydrogen) atoms. The van der Waals surface area contributed by atoms with Crippen LogP contribution in [0.1, 0.15) is 46.6 Å². The first-order valence-electron chi connectivity index (χ1n) is 9.11. The fourth-order valence-corrected chi connectivity index (χ4v) is 2.89. The summed E-state index contributed by atoms with van der Waals surface area (Å²) in [5.74, 6) is -2.16. The minimum Gasteiger partial charge on any atom is -0.548 e. The van der Waals surface area contributed by atoms with Crippen LogP contribution in [-0.4, -0.2) is 32.9 Å². The number of carboxylic acid groups (broad SMARTS) is 1. The molecule has 0 aliphatic rings. The maximum absolute atomic E-state index is 12.9. The van der Waals surface area contributed by atoms with E-state index in [-0.39, 0.29) is 11.8 Å². The Hall–Kier alpha value is -2.77. The second-order valence-corrected chi connectivity index (χ2v) is 7.19. The number of hydrogen-bond donors (Lipinski definition) is 1. The number of aromatic nitrogens is 3. The second-order valence-electron chi connectivity index (χ2n) is 7.19. The van der Waals surface area contributed by atoms with E-state index in [9.17, 15) is 19.5 Å². The monoisotopic (exact) mass is 373 g/mol. The molecule has 0 spiro atoms. The molecule has 3 atom stereocenters. The van der Waals surface area contributed by atoms with Crippen LogP contribution in [0.5, 0.6) is 0 Å². The van der Waals surface area contributed by atoms with Crippen LogP contribution in [-0.2, 0) is 9.59 Å². The quantitative estimate of drug-likeness (QED) is 0.726. The Labute approximate surface area is 157 Å². The summed E-state index contributed by atoms with van der Waals surface area (Å²) < 4.78 is 1.04. The predicted molar refractivity (Wildman–Crippen MR) is 98.7 cm³/mol. The minimum atomic E-state index is -1.35. The van der Waals surface area contributed by atoms with E-state index in [1.165, 1.54) is 0 Å². The van der Waals surface area contributed by atoms with Crippen molar-refractivity contribution in [3.8, 4) is 0 Å². The lowest BCUT2D eigenvalue weighted by atomic mass is 9.97. The standard InChI is InChI=1S/C19H26N4O4/c1-5-12(4)16(19(26)27)20-17(24)15(10-11(2)3)23-18(25)13-8-6-7-9-14(13)21-22-23/h6-9,11-12,15-16H,5,10H2,1-4H3,(H,20,24)(H,26,27)/p-1/t12-,15+,16+/m1/s1. The lowest BCUT2D eigenvalue weighted by Gasteiger charge is -2.28. The molecule has 2 rings (SSSR count). The van der Waals surface area contributed by atoms with Crippen LogP contribution in [0, 0.1) is 11.8 Å². The Bertz CT molecular complexity index is 877. The fourth-order valence-electron chi connectivity index (χ4n) is 2.89. The largest absolute Gasteiger partial charge is 0.548 e. The molecule has 146 valence electrons. The highest BCUT2D eigenvalue weighted by molar-refractivity contribution is 5.86. The molecule has 1 aromatic heterocycles. The minimum absolute atomic E-state index is 0.0749. The predicted octanol–water partition coefficient (Wildman–Crippen LogP) is 0.660. The molecule has 8 heteroatoms. The third-order valence-corrected chi connectivity index (χ3v) is 4.65. The Morgan fingerprint density at radius 1 is 1.22 bits per heavy atom. The van der Waals surface area contributed by atoms with Gasteiger partial charge in [-0.05, 0) is 30.4 Å². The third kappa shape index (κ3) is 4.69. The molecule has 0 aliphatic carbocycles. The Morgan fingerprint density at radius 3 is 2.48 bits per heavy atom. The number of aliphatic carboxylic acids is 1. The smallest absolute Gasteiger partial charge is 0.278 e. The van der Waals surface area contributed by atoms with Crippen molar-refractivity contribution >= 4 is 22.8 Å². The number of nitrogens with zero attached hydrogens (tertiary/aromatic N) is 3. The molecule has 1 N–H and O–H groups in total. The van der Waals surface area contributed by atoms with E-state index in [0.717, 1.165) is 4.68 Å². The van der Waals surface area contributed by atoms with Gasteiger partial charge in [0.2, 0.25) is 5.91 Å². The molecule has 0 saturated carbocycles. The van der Waals surface area contributed by atoms with Crippen molar-refractivity contribution < 1.29 is 14.7 Å². The number of fused-ring (bicyclic) bond motifs is 1. The molecule has 1 amide bonds. The maximum Gasteiger partial charge on any atom is 0.278 e. The Kier molecular flexibility index (Phi) is 6.65. The highest BCUT2D eigenvalue weighted by Crippen LogP contribution is 2.18. The number of carbonyl (C=O) groups excluding carboxylic acids is 2. The number of carbonyl (C=O) groups is 2. The van der Waals surface area contributed by atoms with E-state index in [2.05, 4.69) is 15.6 Å². The van der Waals surface area contributed by atoms with E-state index in [0.29, 0.717) is 23.7 Å². The van der Waals surface area contributed by atoms with Crippen molar-refractivity contribution in [2.24, 2.45) is 11.8 Å². The zero-order valence-corrected chi connectivity index (χ0v) is 16.0. The van der Waals surface area contributed by atoms with Crippen LogP contribution >= 0.6 is 0 Å². The summed E-state index contributed by atoms with van der Waals surface area (Å²) >= 11 is 0. The average molecular weight is 373 g/mol. The number of amides is 1. The average Bonchev–Trinajstić information content (AvgIpc) is 2.64. The number of benzene rings is 1. The summed E-state index contributed by atoms with van der Waals surface area (Å²) in [6, 6.07) is 4.65. The van der Waals surface area contributed by atoms with Gasteiger partial charge in [-0.2, -0.15) is 4.68 Å². The topological polar surface area (TPSA) is 117 Å². The van der Waals surface area contributed by atoms with Gasteiger partial charge in [-0.3, -0.25) is 9.59 Å². The zero-order chi connectivity index (χ0) is 20.1. The molecular weight excluding hydrogens is 348 g/mol. The van der Waals surface area contributed by atoms with Gasteiger partial charge in [0.25, 0.3) is 5.56 Å². The van der Waals surface area contributed by atoms with Crippen molar-refractivity contribution in [2.45, 2.75) is 52.6 Å². The first-order valence-corrected chi connectivity index (χ1v) is 9.11. The lowest BCUT2D eigenvalue weighted by molar-refractivity contribution is -0.309. The normalized spacial score (nSPS) is 14.7. The maximum atomic E-state index is 12.9. The van der Waals surface area contributed by atoms with Gasteiger partial charge in [-0.25, -0.2) is 0 Å². The van der Waals surface area contributed by atoms with Crippen molar-refractivity contribution in [3.63, 3.8) is 0 Å². The Balaban J connectivity index is 2.43. The SMILES string of the molecule is CC[C@@H](C)[C@H](NC(=O)[C@H](CC(C)C)n1nnc2ccccc2c1=O)C(=O)[O-]. The molecule has 1 aromatic carbocycles. The van der Waals surface area contributed by atoms with E-state index in [4.69, 9.17) is 0 Å². The molecule has 8 nitrogen and oxygen atoms in total. The first kappa shape index (κ1) is 20.5. The van der Waals surface area contributed by atoms with E-state index >= 15 is 0 Å². The summed E-state index contributed by atoms with van der Waals surface area (Å²) in [7, 11) is 0. The lowest BCUT2D eigenvalue weighted by Crippen LogP contribution is -2.53. The summed E-state index contributed by atoms with van der Waals surface area (Å²) in [5, 5.41) is 22.3. The number of hydrogen-bond acceptors (Lipinski definition) is 6. The molecule has 0 bridgehead atoms. The van der Waals surface area contributed by atoms with Crippen molar-refractivity contribution in [3.05, 3.63) is 34.6 Å². The van der Waals surface area contributed by atoms with Crippen LogP contribution in [0.3, 0.4) is 0 Å². The summed E-state index contributed by atoms with van der Waals surface area (Å²) in [5.41, 5.74) is 0.00427. The van der Waals surface area contributed by atoms with Crippen molar-refractivity contribution in [1.82, 2.24) is 20.3 Å². The summed E-state index contributed by atoms with van der Waals surface area (Å²) in [6.07, 6.45) is 0.878. The Morgan fingerprint density at radius 2 is 1.89 bits per heavy atom. The first-order chi connectivity index (χ1) is 12.8. The third-order valence-electron chi connectivity index (χ3n) is 4.65. The highest BCUT2D eigenvalue weighted by Gasteiger charge is 2.28. The number of nitrogens with one attached hydrogen (secondary N) is 1. The van der Waals surface area contributed by atoms with Gasteiger partial charge in [0.1, 0.15) is 11.6 Å². The van der Waals surface area contributed by atoms with Gasteiger partial charge in [0.15, 0.2) is 0 Å². The molecule has 0 aliphatic heterocycles. The van der Waals surface area contributed by atoms with Crippen LogP contribution < -0.4 is 16.0 Å². The molecule has 0 saturated heterocycles. The van der Waals surface area contributed by atoms with Gasteiger partial charge >= 0.3 is 0 Å². The molecule has 1 heterocycles. The van der Waals surface area contributed by atoms with Crippen LogP contribution in [0.15, 0.2) is 29.1 Å². The van der Waals surface area contributed by atoms with Crippen molar-refractivity contribution in [1.29, 1.82) is 0 Å². The van der Waals surface area contributed by atoms with E-state index in [1.54, 1.807) is 31.2 Å². The molecule has 2 aromatic rings. The summed E-state index contributed by atoms with van der Waals surface area (Å²) in [4.78, 5) is 37.1. The highest BCUT2D eigenvalue weighted by atomic mass is 16.4. The van der Waals surface area contributed by atoms with Gasteiger partial charge in [-0.1, -0.05) is 51.5 Å².